The summed E-state index contributed by atoms with van der Waals surface area (Å²) in [6.07, 6.45) is 2.02. The van der Waals surface area contributed by atoms with E-state index in [1.807, 2.05) is 0 Å². The van der Waals surface area contributed by atoms with Crippen molar-refractivity contribution in [1.29, 1.82) is 0 Å². The summed E-state index contributed by atoms with van der Waals surface area (Å²) in [4.78, 5) is 30.2. The highest BCUT2D eigenvalue weighted by Crippen LogP contribution is 2.29. The van der Waals surface area contributed by atoms with Crippen LogP contribution >= 0.6 is 0 Å². The molecule has 0 aromatic carbocycles. The van der Waals surface area contributed by atoms with Gasteiger partial charge in [-0.3, -0.25) is 10.1 Å². The van der Waals surface area contributed by atoms with Crippen LogP contribution in [0.5, 0.6) is 0 Å². The van der Waals surface area contributed by atoms with Crippen LogP contribution in [-0.4, -0.2) is 35.5 Å². The Morgan fingerprint density at radius 2 is 2.14 bits per heavy atom. The van der Waals surface area contributed by atoms with Gasteiger partial charge in [-0.1, -0.05) is 0 Å². The van der Waals surface area contributed by atoms with Gasteiger partial charge in [-0.05, 0) is 27.2 Å². The molecule has 1 aliphatic rings. The predicted octanol–water partition coefficient (Wildman–Crippen LogP) is 1.87. The molecule has 0 atom stereocenters. The van der Waals surface area contributed by atoms with Crippen molar-refractivity contribution in [1.82, 2.24) is 0 Å². The smallest absolute Gasteiger partial charge is 0.415 e. The zero-order chi connectivity index (χ0) is 16.5. The molecule has 22 heavy (non-hydrogen) atoms. The number of fused-ring (bicyclic) bond motifs is 1. The molecule has 8 heteroatoms. The number of aromatic nitrogens is 1. The SMILES string of the molecule is CO[N+](=O)c1cc2c([n+](O)c1)CCCN2C(=O)OC(C)(C)C. The number of hydrogen-bond donors (Lipinski definition) is 1. The van der Waals surface area contributed by atoms with Gasteiger partial charge in [0.15, 0.2) is 7.11 Å². The average molecular weight is 311 g/mol. The number of rotatable bonds is 2. The lowest BCUT2D eigenvalue weighted by molar-refractivity contribution is -0.911. The molecule has 2 heterocycles. The third-order valence-corrected chi connectivity index (χ3v) is 3.19. The quantitative estimate of drug-likeness (QED) is 0.512. The first-order chi connectivity index (χ1) is 10.2. The average Bonchev–Trinajstić information content (AvgIpc) is 2.43. The van der Waals surface area contributed by atoms with Crippen LogP contribution in [0.25, 0.3) is 0 Å². The minimum Gasteiger partial charge on any atom is -0.443 e. The zero-order valence-electron chi connectivity index (χ0n) is 13.2. The van der Waals surface area contributed by atoms with Crippen molar-refractivity contribution in [3.05, 3.63) is 22.9 Å². The lowest BCUT2D eigenvalue weighted by Gasteiger charge is -2.29. The summed E-state index contributed by atoms with van der Waals surface area (Å²) in [7, 11) is 1.22. The summed E-state index contributed by atoms with van der Waals surface area (Å²) in [5, 5.41) is 10.0. The van der Waals surface area contributed by atoms with Gasteiger partial charge >= 0.3 is 18.0 Å². The van der Waals surface area contributed by atoms with Gasteiger partial charge in [-0.15, -0.1) is 0 Å². The molecule has 1 aromatic rings. The Hall–Kier alpha value is -2.38. The van der Waals surface area contributed by atoms with Crippen LogP contribution < -0.4 is 9.63 Å². The second-order valence-corrected chi connectivity index (χ2v) is 6.05. The molecule has 120 valence electrons. The number of anilines is 1. The summed E-state index contributed by atoms with van der Waals surface area (Å²) in [6.45, 7) is 5.80. The second kappa shape index (κ2) is 5.78. The van der Waals surface area contributed by atoms with Crippen LogP contribution in [0, 0.1) is 4.91 Å². The van der Waals surface area contributed by atoms with E-state index in [0.717, 1.165) is 4.73 Å². The molecule has 0 fully saturated rings. The van der Waals surface area contributed by atoms with Crippen molar-refractivity contribution >= 4 is 17.5 Å². The van der Waals surface area contributed by atoms with E-state index in [0.29, 0.717) is 30.8 Å². The summed E-state index contributed by atoms with van der Waals surface area (Å²) in [5.41, 5.74) is 0.446. The largest absolute Gasteiger partial charge is 0.443 e. The third kappa shape index (κ3) is 3.26. The normalized spacial score (nSPS) is 14.3. The van der Waals surface area contributed by atoms with Crippen LogP contribution in [0.4, 0.5) is 16.2 Å². The van der Waals surface area contributed by atoms with E-state index in [1.165, 1.54) is 24.3 Å². The Kier molecular flexibility index (Phi) is 4.20. The highest BCUT2D eigenvalue weighted by atomic mass is 16.8. The highest BCUT2D eigenvalue weighted by molar-refractivity contribution is 5.89. The molecule has 0 radical (unpaired) electrons. The van der Waals surface area contributed by atoms with Crippen molar-refractivity contribution in [2.24, 2.45) is 0 Å². The Morgan fingerprint density at radius 3 is 2.73 bits per heavy atom. The molecule has 1 amide bonds. The van der Waals surface area contributed by atoms with Crippen molar-refractivity contribution in [3.63, 3.8) is 0 Å². The number of hydrogen-bond acceptors (Lipinski definition) is 5. The fourth-order valence-electron chi connectivity index (χ4n) is 2.29. The second-order valence-electron chi connectivity index (χ2n) is 6.05. The van der Waals surface area contributed by atoms with E-state index in [2.05, 4.69) is 4.84 Å². The van der Waals surface area contributed by atoms with Crippen molar-refractivity contribution in [2.45, 2.75) is 39.2 Å². The summed E-state index contributed by atoms with van der Waals surface area (Å²) >= 11 is 0. The maximum Gasteiger partial charge on any atom is 0.415 e. The molecule has 0 saturated carbocycles. The van der Waals surface area contributed by atoms with Gasteiger partial charge in [0.1, 0.15) is 11.3 Å². The van der Waals surface area contributed by atoms with E-state index in [9.17, 15) is 14.9 Å². The molecule has 0 spiro atoms. The molecular weight excluding hydrogens is 290 g/mol. The number of carbonyl (C=O) groups is 1. The summed E-state index contributed by atoms with van der Waals surface area (Å²) in [5.74, 6) is 0. The van der Waals surface area contributed by atoms with Gasteiger partial charge in [-0.25, -0.2) is 9.63 Å². The molecule has 1 N–H and O–H groups in total. The van der Waals surface area contributed by atoms with Gasteiger partial charge in [0.05, 0.1) is 11.0 Å². The Labute approximate surface area is 128 Å². The first-order valence-corrected chi connectivity index (χ1v) is 7.02. The third-order valence-electron chi connectivity index (χ3n) is 3.19. The van der Waals surface area contributed by atoms with Crippen LogP contribution in [0.15, 0.2) is 12.3 Å². The zero-order valence-corrected chi connectivity index (χ0v) is 13.2. The van der Waals surface area contributed by atoms with E-state index in [1.54, 1.807) is 20.8 Å². The first kappa shape index (κ1) is 16.0. The number of carbonyl (C=O) groups excluding carboxylic acids is 1. The number of ether oxygens (including phenoxy) is 1. The van der Waals surface area contributed by atoms with Gasteiger partial charge in [0.25, 0.3) is 10.6 Å². The number of nitrogens with zero attached hydrogens (tertiary/aromatic N) is 3. The molecule has 0 aliphatic carbocycles. The van der Waals surface area contributed by atoms with Gasteiger partial charge < -0.3 is 4.74 Å². The van der Waals surface area contributed by atoms with Crippen molar-refractivity contribution in [3.8, 4) is 0 Å². The molecule has 0 saturated heterocycles. The molecule has 8 nitrogen and oxygen atoms in total. The summed E-state index contributed by atoms with van der Waals surface area (Å²) < 4.78 is 6.23. The van der Waals surface area contributed by atoms with Gasteiger partial charge in [-0.2, -0.15) is 0 Å². The molecule has 1 aromatic heterocycles. The topological polar surface area (TPSA) is 83.0 Å². The Morgan fingerprint density at radius 1 is 1.45 bits per heavy atom. The van der Waals surface area contributed by atoms with Gasteiger partial charge in [0.2, 0.25) is 0 Å². The van der Waals surface area contributed by atoms with Crippen LogP contribution in [-0.2, 0) is 16.0 Å². The van der Waals surface area contributed by atoms with E-state index in [-0.39, 0.29) is 10.6 Å². The molecule has 2 rings (SSSR count). The first-order valence-electron chi connectivity index (χ1n) is 7.02. The summed E-state index contributed by atoms with van der Waals surface area (Å²) in [6, 6.07) is 1.50. The van der Waals surface area contributed by atoms with E-state index >= 15 is 0 Å². The molecule has 0 unspecified atom stereocenters. The van der Waals surface area contributed by atoms with Crippen LogP contribution in [0.2, 0.25) is 0 Å². The molecule has 0 bridgehead atoms. The molecule has 1 aliphatic heterocycles. The highest BCUT2D eigenvalue weighted by Gasteiger charge is 2.36. The minimum absolute atomic E-state index is 0.0826. The lowest BCUT2D eigenvalue weighted by Crippen LogP contribution is -2.45. The Balaban J connectivity index is 2.42. The van der Waals surface area contributed by atoms with E-state index in [4.69, 9.17) is 4.74 Å². The number of pyridine rings is 1. The van der Waals surface area contributed by atoms with E-state index < -0.39 is 11.7 Å². The monoisotopic (exact) mass is 311 g/mol. The number of amides is 1. The lowest BCUT2D eigenvalue weighted by atomic mass is 10.1. The van der Waals surface area contributed by atoms with Crippen LogP contribution in [0.1, 0.15) is 32.9 Å². The van der Waals surface area contributed by atoms with Crippen LogP contribution in [0.3, 0.4) is 0 Å². The maximum atomic E-state index is 12.3. The maximum absolute atomic E-state index is 12.3. The van der Waals surface area contributed by atoms with Crippen molar-refractivity contribution in [2.75, 3.05) is 18.6 Å². The fourth-order valence-corrected chi connectivity index (χ4v) is 2.29. The van der Waals surface area contributed by atoms with Gasteiger partial charge in [0, 0.05) is 17.7 Å². The van der Waals surface area contributed by atoms with Crippen molar-refractivity contribution < 1.29 is 29.2 Å². The standard InChI is InChI=1S/C14H21N3O5/c1-14(2,3)22-13(18)15-7-5-6-11-12(15)8-10(9-16(11)19)17(20)21-4/h8-9,19H,5-7H2,1-4H3/q+2. The molecular formula is C14H21N3O5+2. The Bertz CT molecular complexity index is 609. The fraction of sp³-hybridized carbons (Fsp3) is 0.571. The predicted molar refractivity (Wildman–Crippen MR) is 76.0 cm³/mol. The minimum atomic E-state index is -0.626.